The Balaban J connectivity index is 1.88. The topological polar surface area (TPSA) is 49.4 Å². The highest BCUT2D eigenvalue weighted by Crippen LogP contribution is 2.25. The molecule has 1 N–H and O–H groups in total. The molecule has 0 aliphatic carbocycles. The molecule has 2 amide bonds. The number of nitrogens with one attached hydrogen (secondary N) is 1. The Hall–Kier alpha value is -1.84. The Morgan fingerprint density at radius 2 is 1.62 bits per heavy atom. The molecule has 0 saturated carbocycles. The van der Waals surface area contributed by atoms with E-state index in [-0.39, 0.29) is 23.1 Å². The third-order valence-electron chi connectivity index (χ3n) is 4.64. The quantitative estimate of drug-likeness (QED) is 0.909. The summed E-state index contributed by atoms with van der Waals surface area (Å²) < 4.78 is 0. The Labute approximate surface area is 145 Å². The second-order valence-electron chi connectivity index (χ2n) is 8.08. The Bertz CT molecular complexity index is 577. The van der Waals surface area contributed by atoms with Gasteiger partial charge in [-0.05, 0) is 36.5 Å². The molecular formula is C20H30N2O2. The van der Waals surface area contributed by atoms with Gasteiger partial charge in [0.15, 0.2) is 0 Å². The molecule has 1 saturated heterocycles. The van der Waals surface area contributed by atoms with Gasteiger partial charge in [-0.1, -0.05) is 46.8 Å². The van der Waals surface area contributed by atoms with Gasteiger partial charge >= 0.3 is 0 Å². The third-order valence-corrected chi connectivity index (χ3v) is 4.64. The first-order valence-corrected chi connectivity index (χ1v) is 8.88. The Morgan fingerprint density at radius 1 is 1.08 bits per heavy atom. The summed E-state index contributed by atoms with van der Waals surface area (Å²) in [6.07, 6.45) is 1.47. The molecule has 1 aromatic rings. The van der Waals surface area contributed by atoms with E-state index in [4.69, 9.17) is 0 Å². The number of likely N-dealkylation sites (tertiary alicyclic amines) is 1. The average molecular weight is 330 g/mol. The minimum atomic E-state index is -0.354. The molecule has 0 unspecified atom stereocenters. The number of amides is 2. The van der Waals surface area contributed by atoms with Gasteiger partial charge in [0.2, 0.25) is 11.8 Å². The van der Waals surface area contributed by atoms with Gasteiger partial charge in [-0.15, -0.1) is 0 Å². The number of nitrogens with zero attached hydrogens (tertiary/aromatic N) is 1. The molecule has 0 spiro atoms. The summed E-state index contributed by atoms with van der Waals surface area (Å²) in [5.74, 6) is 0.707. The molecule has 1 heterocycles. The molecule has 1 aliphatic rings. The fraction of sp³-hybridized carbons (Fsp3) is 0.600. The highest BCUT2D eigenvalue weighted by molar-refractivity contribution is 5.92. The van der Waals surface area contributed by atoms with Crippen molar-refractivity contribution in [3.8, 4) is 0 Å². The summed E-state index contributed by atoms with van der Waals surface area (Å²) in [6, 6.07) is 8.05. The highest BCUT2D eigenvalue weighted by Gasteiger charge is 2.32. The van der Waals surface area contributed by atoms with Crippen LogP contribution in [0.25, 0.3) is 0 Å². The summed E-state index contributed by atoms with van der Waals surface area (Å²) in [7, 11) is 0. The molecule has 0 radical (unpaired) electrons. The van der Waals surface area contributed by atoms with E-state index < -0.39 is 0 Å². The van der Waals surface area contributed by atoms with E-state index in [1.54, 1.807) is 0 Å². The average Bonchev–Trinajstić information content (AvgIpc) is 2.54. The van der Waals surface area contributed by atoms with E-state index in [1.807, 2.05) is 37.8 Å². The zero-order chi connectivity index (χ0) is 17.9. The van der Waals surface area contributed by atoms with E-state index >= 15 is 0 Å². The van der Waals surface area contributed by atoms with Crippen molar-refractivity contribution in [3.05, 3.63) is 29.8 Å². The molecule has 0 atom stereocenters. The molecule has 4 nitrogen and oxygen atoms in total. The lowest BCUT2D eigenvalue weighted by atomic mass is 9.90. The van der Waals surface area contributed by atoms with Crippen molar-refractivity contribution in [1.29, 1.82) is 0 Å². The highest BCUT2D eigenvalue weighted by atomic mass is 16.2. The number of anilines is 1. The van der Waals surface area contributed by atoms with Crippen molar-refractivity contribution in [2.45, 2.75) is 53.4 Å². The zero-order valence-electron chi connectivity index (χ0n) is 15.6. The predicted molar refractivity (Wildman–Crippen MR) is 97.9 cm³/mol. The number of piperidine rings is 1. The summed E-state index contributed by atoms with van der Waals surface area (Å²) in [5.41, 5.74) is 1.76. The maximum Gasteiger partial charge on any atom is 0.227 e. The van der Waals surface area contributed by atoms with Crippen LogP contribution in [-0.4, -0.2) is 29.8 Å². The van der Waals surface area contributed by atoms with Crippen LogP contribution in [0.2, 0.25) is 0 Å². The van der Waals surface area contributed by atoms with Crippen LogP contribution in [0.1, 0.15) is 58.9 Å². The number of carbonyl (C=O) groups excluding carboxylic acids is 2. The summed E-state index contributed by atoms with van der Waals surface area (Å²) in [4.78, 5) is 26.6. The third kappa shape index (κ3) is 4.59. The number of rotatable bonds is 3. The number of hydrogen-bond donors (Lipinski definition) is 1. The van der Waals surface area contributed by atoms with Crippen molar-refractivity contribution >= 4 is 17.5 Å². The maximum absolute atomic E-state index is 12.4. The largest absolute Gasteiger partial charge is 0.342 e. The fourth-order valence-corrected chi connectivity index (χ4v) is 3.01. The van der Waals surface area contributed by atoms with Gasteiger partial charge in [-0.25, -0.2) is 0 Å². The number of hydrogen-bond acceptors (Lipinski definition) is 2. The van der Waals surface area contributed by atoms with Gasteiger partial charge in [0.05, 0.1) is 0 Å². The van der Waals surface area contributed by atoms with E-state index in [0.717, 1.165) is 18.5 Å². The molecule has 24 heavy (non-hydrogen) atoms. The predicted octanol–water partition coefficient (Wildman–Crippen LogP) is 4.03. The van der Waals surface area contributed by atoms with Crippen LogP contribution in [0.3, 0.4) is 0 Å². The van der Waals surface area contributed by atoms with Gasteiger partial charge in [-0.2, -0.15) is 0 Å². The first-order chi connectivity index (χ1) is 11.2. The molecule has 2 rings (SSSR count). The smallest absolute Gasteiger partial charge is 0.227 e. The number of benzene rings is 1. The van der Waals surface area contributed by atoms with Gasteiger partial charge in [0.1, 0.15) is 0 Å². The van der Waals surface area contributed by atoms with Gasteiger partial charge < -0.3 is 10.2 Å². The lowest BCUT2D eigenvalue weighted by molar-refractivity contribution is -0.142. The molecule has 0 aromatic heterocycles. The van der Waals surface area contributed by atoms with Crippen LogP contribution in [0, 0.1) is 11.3 Å². The Kier molecular flexibility index (Phi) is 5.68. The van der Waals surface area contributed by atoms with Crippen molar-refractivity contribution in [3.63, 3.8) is 0 Å². The van der Waals surface area contributed by atoms with Crippen LogP contribution >= 0.6 is 0 Å². The van der Waals surface area contributed by atoms with E-state index in [9.17, 15) is 9.59 Å². The van der Waals surface area contributed by atoms with Gasteiger partial charge in [0.25, 0.3) is 0 Å². The zero-order valence-corrected chi connectivity index (χ0v) is 15.6. The van der Waals surface area contributed by atoms with Crippen LogP contribution in [0.4, 0.5) is 5.69 Å². The summed E-state index contributed by atoms with van der Waals surface area (Å²) in [5, 5.41) is 3.01. The van der Waals surface area contributed by atoms with Crippen molar-refractivity contribution < 1.29 is 9.59 Å². The van der Waals surface area contributed by atoms with Gasteiger partial charge in [0, 0.05) is 30.1 Å². The molecule has 1 fully saturated rings. The molecule has 132 valence electrons. The minimum Gasteiger partial charge on any atom is -0.342 e. The SMILES string of the molecule is CC(C)c1ccc(NC(=O)C2CCN(C(=O)C(C)(C)C)CC2)cc1. The fourth-order valence-electron chi connectivity index (χ4n) is 3.01. The molecule has 1 aliphatic heterocycles. The van der Waals surface area contributed by atoms with E-state index in [1.165, 1.54) is 5.56 Å². The second-order valence-corrected chi connectivity index (χ2v) is 8.08. The monoisotopic (exact) mass is 330 g/mol. The molecule has 1 aromatic carbocycles. The van der Waals surface area contributed by atoms with Crippen LogP contribution < -0.4 is 5.32 Å². The van der Waals surface area contributed by atoms with Crippen molar-refractivity contribution in [1.82, 2.24) is 4.90 Å². The Morgan fingerprint density at radius 3 is 2.08 bits per heavy atom. The standard InChI is InChI=1S/C20H30N2O2/c1-14(2)15-6-8-17(9-7-15)21-18(23)16-10-12-22(13-11-16)19(24)20(3,4)5/h6-9,14,16H,10-13H2,1-5H3,(H,21,23). The van der Waals surface area contributed by atoms with Crippen molar-refractivity contribution in [2.24, 2.45) is 11.3 Å². The van der Waals surface area contributed by atoms with Crippen LogP contribution in [-0.2, 0) is 9.59 Å². The van der Waals surface area contributed by atoms with Crippen LogP contribution in [0.5, 0.6) is 0 Å². The molecule has 0 bridgehead atoms. The van der Waals surface area contributed by atoms with Gasteiger partial charge in [-0.3, -0.25) is 9.59 Å². The van der Waals surface area contributed by atoms with E-state index in [0.29, 0.717) is 19.0 Å². The summed E-state index contributed by atoms with van der Waals surface area (Å²) >= 11 is 0. The second kappa shape index (κ2) is 7.37. The van der Waals surface area contributed by atoms with Crippen molar-refractivity contribution in [2.75, 3.05) is 18.4 Å². The molecule has 4 heteroatoms. The first kappa shape index (κ1) is 18.5. The molecular weight excluding hydrogens is 300 g/mol. The van der Waals surface area contributed by atoms with Crippen LogP contribution in [0.15, 0.2) is 24.3 Å². The maximum atomic E-state index is 12.4. The number of carbonyl (C=O) groups is 2. The summed E-state index contributed by atoms with van der Waals surface area (Å²) in [6.45, 7) is 11.5. The normalized spacial score (nSPS) is 16.3. The minimum absolute atomic E-state index is 0.0150. The van der Waals surface area contributed by atoms with E-state index in [2.05, 4.69) is 31.3 Å². The lowest BCUT2D eigenvalue weighted by Gasteiger charge is -2.35. The lowest BCUT2D eigenvalue weighted by Crippen LogP contribution is -2.45. The first-order valence-electron chi connectivity index (χ1n) is 8.88.